The van der Waals surface area contributed by atoms with Crippen molar-refractivity contribution < 1.29 is 4.79 Å². The summed E-state index contributed by atoms with van der Waals surface area (Å²) in [5.41, 5.74) is 4.21. The minimum atomic E-state index is 0.0423. The van der Waals surface area contributed by atoms with Crippen LogP contribution in [0.3, 0.4) is 0 Å². The second-order valence-corrected chi connectivity index (χ2v) is 6.85. The van der Waals surface area contributed by atoms with Gasteiger partial charge in [-0.25, -0.2) is 4.98 Å². The van der Waals surface area contributed by atoms with Crippen molar-refractivity contribution >= 4 is 5.91 Å². The van der Waals surface area contributed by atoms with E-state index >= 15 is 0 Å². The van der Waals surface area contributed by atoms with Crippen LogP contribution in [0.15, 0.2) is 42.1 Å². The molecule has 0 aliphatic carbocycles. The first-order valence-electron chi connectivity index (χ1n) is 9.19. The van der Waals surface area contributed by atoms with E-state index in [9.17, 15) is 4.79 Å². The summed E-state index contributed by atoms with van der Waals surface area (Å²) in [7, 11) is 0. The van der Waals surface area contributed by atoms with E-state index in [-0.39, 0.29) is 11.9 Å². The Hall–Kier alpha value is -2.36. The maximum absolute atomic E-state index is 12.8. The number of hydrogen-bond donors (Lipinski definition) is 1. The molecule has 25 heavy (non-hydrogen) atoms. The average Bonchev–Trinajstić information content (AvgIpc) is 3.12. The van der Waals surface area contributed by atoms with E-state index in [0.29, 0.717) is 0 Å². The van der Waals surface area contributed by atoms with E-state index in [1.165, 1.54) is 5.56 Å². The number of aromatic amines is 1. The van der Waals surface area contributed by atoms with Crippen molar-refractivity contribution in [3.05, 3.63) is 53.5 Å². The number of nitrogens with zero attached hydrogens (tertiary/aromatic N) is 2. The standard InChI is InChI=1S/C21H27N3O/c1-4-7-16(3)21(25)24-13-6-5-8-19(24)20-22-14-18(23-20)17-11-9-15(2)10-12-17/h7,9-12,14,19H,4-6,8,13H2,1-3H3,(H,22,23)/b16-7+. The number of allylic oxidation sites excluding steroid dienone is 1. The summed E-state index contributed by atoms with van der Waals surface area (Å²) in [5, 5.41) is 0. The van der Waals surface area contributed by atoms with Gasteiger partial charge in [-0.15, -0.1) is 0 Å². The van der Waals surface area contributed by atoms with E-state index < -0.39 is 0 Å². The van der Waals surface area contributed by atoms with Crippen LogP contribution < -0.4 is 0 Å². The number of carbonyl (C=O) groups excluding carboxylic acids is 1. The molecule has 4 heteroatoms. The van der Waals surface area contributed by atoms with Gasteiger partial charge >= 0.3 is 0 Å². The number of benzene rings is 1. The molecule has 2 heterocycles. The van der Waals surface area contributed by atoms with Crippen LogP contribution in [0.1, 0.15) is 57.0 Å². The molecule has 0 spiro atoms. The number of hydrogen-bond acceptors (Lipinski definition) is 2. The first-order valence-corrected chi connectivity index (χ1v) is 9.19. The van der Waals surface area contributed by atoms with E-state index in [0.717, 1.165) is 54.9 Å². The summed E-state index contributed by atoms with van der Waals surface area (Å²) in [5.74, 6) is 1.03. The zero-order valence-corrected chi connectivity index (χ0v) is 15.4. The van der Waals surface area contributed by atoms with Gasteiger partial charge in [0.1, 0.15) is 5.82 Å². The summed E-state index contributed by atoms with van der Waals surface area (Å²) < 4.78 is 0. The van der Waals surface area contributed by atoms with E-state index in [1.807, 2.05) is 24.1 Å². The number of likely N-dealkylation sites (tertiary alicyclic amines) is 1. The van der Waals surface area contributed by atoms with Gasteiger partial charge in [0, 0.05) is 12.1 Å². The molecule has 0 bridgehead atoms. The first-order chi connectivity index (χ1) is 12.1. The molecule has 1 amide bonds. The van der Waals surface area contributed by atoms with Gasteiger partial charge < -0.3 is 9.88 Å². The Kier molecular flexibility index (Phi) is 5.37. The fourth-order valence-electron chi connectivity index (χ4n) is 3.46. The molecule has 1 atom stereocenters. The van der Waals surface area contributed by atoms with Gasteiger partial charge in [-0.3, -0.25) is 4.79 Å². The number of nitrogens with one attached hydrogen (secondary N) is 1. The number of carbonyl (C=O) groups is 1. The normalized spacial score (nSPS) is 18.4. The number of piperidine rings is 1. The third-order valence-electron chi connectivity index (χ3n) is 4.88. The molecular weight excluding hydrogens is 310 g/mol. The first kappa shape index (κ1) is 17.5. The van der Waals surface area contributed by atoms with Crippen LogP contribution >= 0.6 is 0 Å². The quantitative estimate of drug-likeness (QED) is 0.815. The predicted molar refractivity (Wildman–Crippen MR) is 101 cm³/mol. The van der Waals surface area contributed by atoms with Crippen LogP contribution in [0.5, 0.6) is 0 Å². The van der Waals surface area contributed by atoms with Gasteiger partial charge in [0.2, 0.25) is 5.91 Å². The third kappa shape index (κ3) is 3.84. The van der Waals surface area contributed by atoms with Crippen molar-refractivity contribution in [2.75, 3.05) is 6.54 Å². The van der Waals surface area contributed by atoms with Gasteiger partial charge in [0.05, 0.1) is 17.9 Å². The highest BCUT2D eigenvalue weighted by molar-refractivity contribution is 5.93. The number of H-pyrrole nitrogens is 1. The van der Waals surface area contributed by atoms with Gasteiger partial charge in [0.15, 0.2) is 0 Å². The second kappa shape index (κ2) is 7.68. The van der Waals surface area contributed by atoms with Crippen molar-refractivity contribution in [1.29, 1.82) is 0 Å². The summed E-state index contributed by atoms with van der Waals surface area (Å²) in [6.45, 7) is 6.86. The molecule has 1 aromatic carbocycles. The molecule has 1 aliphatic heterocycles. The lowest BCUT2D eigenvalue weighted by Crippen LogP contribution is -2.39. The number of rotatable bonds is 4. The highest BCUT2D eigenvalue weighted by Gasteiger charge is 2.30. The topological polar surface area (TPSA) is 49.0 Å². The van der Waals surface area contributed by atoms with Gasteiger partial charge in [-0.2, -0.15) is 0 Å². The van der Waals surface area contributed by atoms with E-state index in [1.54, 1.807) is 0 Å². The third-order valence-corrected chi connectivity index (χ3v) is 4.88. The smallest absolute Gasteiger partial charge is 0.249 e. The monoisotopic (exact) mass is 337 g/mol. The van der Waals surface area contributed by atoms with Crippen LogP contribution in [0, 0.1) is 6.92 Å². The molecule has 1 N–H and O–H groups in total. The minimum absolute atomic E-state index is 0.0423. The van der Waals surface area contributed by atoms with Crippen molar-refractivity contribution in [2.24, 2.45) is 0 Å². The van der Waals surface area contributed by atoms with Crippen molar-refractivity contribution in [3.63, 3.8) is 0 Å². The van der Waals surface area contributed by atoms with Crippen LogP contribution in [0.4, 0.5) is 0 Å². The molecular formula is C21H27N3O. The van der Waals surface area contributed by atoms with Crippen LogP contribution in [0.25, 0.3) is 11.3 Å². The highest BCUT2D eigenvalue weighted by atomic mass is 16.2. The Bertz CT molecular complexity index is 758. The second-order valence-electron chi connectivity index (χ2n) is 6.85. The van der Waals surface area contributed by atoms with Crippen LogP contribution in [-0.2, 0) is 4.79 Å². The molecule has 0 radical (unpaired) electrons. The number of imidazole rings is 1. The summed E-state index contributed by atoms with van der Waals surface area (Å²) in [4.78, 5) is 22.8. The van der Waals surface area contributed by atoms with Crippen molar-refractivity contribution in [3.8, 4) is 11.3 Å². The molecule has 1 aliphatic rings. The molecule has 1 saturated heterocycles. The SMILES string of the molecule is CC/C=C(\C)C(=O)N1CCCCC1c1ncc(-c2ccc(C)cc2)[nH]1. The minimum Gasteiger partial charge on any atom is -0.340 e. The lowest BCUT2D eigenvalue weighted by Gasteiger charge is -2.34. The van der Waals surface area contributed by atoms with Crippen LogP contribution in [0.2, 0.25) is 0 Å². The number of aromatic nitrogens is 2. The average molecular weight is 337 g/mol. The Morgan fingerprint density at radius 1 is 1.32 bits per heavy atom. The molecule has 0 saturated carbocycles. The number of aryl methyl sites for hydroxylation is 1. The Morgan fingerprint density at radius 3 is 2.80 bits per heavy atom. The van der Waals surface area contributed by atoms with Gasteiger partial charge in [-0.1, -0.05) is 42.8 Å². The zero-order valence-electron chi connectivity index (χ0n) is 15.4. The van der Waals surface area contributed by atoms with Gasteiger partial charge in [-0.05, 0) is 45.1 Å². The molecule has 2 aromatic rings. The summed E-state index contributed by atoms with van der Waals surface area (Å²) in [6.07, 6.45) is 7.93. The maximum Gasteiger partial charge on any atom is 0.249 e. The lowest BCUT2D eigenvalue weighted by atomic mass is 10.00. The van der Waals surface area contributed by atoms with E-state index in [4.69, 9.17) is 0 Å². The molecule has 3 rings (SSSR count). The van der Waals surface area contributed by atoms with Crippen molar-refractivity contribution in [1.82, 2.24) is 14.9 Å². The zero-order chi connectivity index (χ0) is 17.8. The Balaban J connectivity index is 1.85. The van der Waals surface area contributed by atoms with Crippen molar-refractivity contribution in [2.45, 2.75) is 52.5 Å². The molecule has 1 unspecified atom stereocenters. The Morgan fingerprint density at radius 2 is 2.08 bits per heavy atom. The highest BCUT2D eigenvalue weighted by Crippen LogP contribution is 2.31. The fraction of sp³-hybridized carbons (Fsp3) is 0.429. The molecule has 4 nitrogen and oxygen atoms in total. The number of amides is 1. The predicted octanol–water partition coefficient (Wildman–Crippen LogP) is 4.80. The fourth-order valence-corrected chi connectivity index (χ4v) is 3.46. The maximum atomic E-state index is 12.8. The summed E-state index contributed by atoms with van der Waals surface area (Å²) in [6, 6.07) is 8.45. The Labute approximate surface area is 150 Å². The molecule has 1 aromatic heterocycles. The molecule has 132 valence electrons. The van der Waals surface area contributed by atoms with Gasteiger partial charge in [0.25, 0.3) is 0 Å². The summed E-state index contributed by atoms with van der Waals surface area (Å²) >= 11 is 0. The lowest BCUT2D eigenvalue weighted by molar-refractivity contribution is -0.131. The van der Waals surface area contributed by atoms with E-state index in [2.05, 4.69) is 48.1 Å². The van der Waals surface area contributed by atoms with Crippen LogP contribution in [-0.4, -0.2) is 27.3 Å². The molecule has 1 fully saturated rings. The largest absolute Gasteiger partial charge is 0.340 e.